The van der Waals surface area contributed by atoms with E-state index in [9.17, 15) is 9.59 Å². The average Bonchev–Trinajstić information content (AvgIpc) is 2.17. The fourth-order valence-electron chi connectivity index (χ4n) is 1.60. The van der Waals surface area contributed by atoms with E-state index in [-0.39, 0.29) is 38.7 Å². The Bertz CT molecular complexity index is 213. The molecule has 0 aromatic heterocycles. The molecule has 0 aliphatic rings. The minimum absolute atomic E-state index is 0. The molecule has 0 unspecified atom stereocenters. The number of rotatable bonds is 8. The maximum Gasteiger partial charge on any atom is 2.00 e. The molecule has 0 aromatic carbocycles. The summed E-state index contributed by atoms with van der Waals surface area (Å²) in [5.41, 5.74) is -1.56. The van der Waals surface area contributed by atoms with Crippen LogP contribution in [0, 0.1) is 5.41 Å². The van der Waals surface area contributed by atoms with Crippen molar-refractivity contribution in [3.63, 3.8) is 0 Å². The number of aliphatic carboxylic acids is 2. The van der Waals surface area contributed by atoms with Gasteiger partial charge in [0.15, 0.2) is 5.41 Å². The van der Waals surface area contributed by atoms with E-state index in [2.05, 4.69) is 0 Å². The molecule has 0 radical (unpaired) electrons. The summed E-state index contributed by atoms with van der Waals surface area (Å²) in [6.45, 7) is 3.85. The third kappa shape index (κ3) is 4.70. The smallest absolute Gasteiger partial charge is 1.00 e. The van der Waals surface area contributed by atoms with Crippen LogP contribution in [0.3, 0.4) is 0 Å². The van der Waals surface area contributed by atoms with Gasteiger partial charge in [-0.3, -0.25) is 9.59 Å². The minimum Gasteiger partial charge on any atom is -1.00 e. The van der Waals surface area contributed by atoms with Crippen LogP contribution in [-0.2, 0) is 9.59 Å². The maximum absolute atomic E-state index is 11.1. The molecule has 0 fully saturated rings. The molecule has 0 amide bonds. The normalized spacial score (nSPS) is 10.6. The van der Waals surface area contributed by atoms with Crippen LogP contribution >= 0.6 is 0 Å². The zero-order valence-electron chi connectivity index (χ0n) is 12.2. The fraction of sp³-hybridized carbons (Fsp3) is 0.818. The van der Waals surface area contributed by atoms with Crippen molar-refractivity contribution in [3.8, 4) is 0 Å². The maximum atomic E-state index is 11.1. The van der Waals surface area contributed by atoms with E-state index in [1.54, 1.807) is 0 Å². The number of unbranched alkanes of at least 4 members (excludes halogenated alkanes) is 2. The van der Waals surface area contributed by atoms with Crippen molar-refractivity contribution >= 4 is 35.0 Å². The summed E-state index contributed by atoms with van der Waals surface area (Å²) in [4.78, 5) is 22.2. The summed E-state index contributed by atoms with van der Waals surface area (Å²) in [5.74, 6) is -2.39. The van der Waals surface area contributed by atoms with Gasteiger partial charge in [0.2, 0.25) is 0 Å². The monoisotopic (exact) mass is 242 g/mol. The molecule has 0 rings (SSSR count). The molecule has 0 aliphatic heterocycles. The van der Waals surface area contributed by atoms with E-state index in [1.807, 2.05) is 13.8 Å². The number of hydrogen-bond donors (Lipinski definition) is 2. The summed E-state index contributed by atoms with van der Waals surface area (Å²) >= 11 is 0. The van der Waals surface area contributed by atoms with Crippen LogP contribution in [0.4, 0.5) is 0 Å². The Balaban J connectivity index is -0.000000327. The molecule has 16 heavy (non-hydrogen) atoms. The van der Waals surface area contributed by atoms with Gasteiger partial charge >= 0.3 is 35.0 Å². The van der Waals surface area contributed by atoms with Gasteiger partial charge in [-0.05, 0) is 12.8 Å². The zero-order chi connectivity index (χ0) is 11.9. The average molecular weight is 243 g/mol. The second-order valence-electron chi connectivity index (χ2n) is 3.90. The molecule has 4 nitrogen and oxygen atoms in total. The van der Waals surface area contributed by atoms with Gasteiger partial charge in [0, 0.05) is 0 Å². The van der Waals surface area contributed by atoms with E-state index < -0.39 is 17.4 Å². The molecule has 5 heteroatoms. The zero-order valence-corrected chi connectivity index (χ0v) is 11.6. The van der Waals surface area contributed by atoms with Crippen LogP contribution < -0.4 is 0 Å². The van der Waals surface area contributed by atoms with Gasteiger partial charge in [-0.25, -0.2) is 0 Å². The predicted octanol–water partition coefficient (Wildman–Crippen LogP) is 2.37. The minimum atomic E-state index is -1.56. The topological polar surface area (TPSA) is 74.6 Å². The van der Waals surface area contributed by atoms with Gasteiger partial charge in [-0.2, -0.15) is 0 Å². The third-order valence-electron chi connectivity index (χ3n) is 2.73. The summed E-state index contributed by atoms with van der Waals surface area (Å²) < 4.78 is 0. The van der Waals surface area contributed by atoms with Gasteiger partial charge in [0.25, 0.3) is 0 Å². The first kappa shape index (κ1) is 18.1. The number of hydrogen-bond acceptors (Lipinski definition) is 2. The Kier molecular flexibility index (Phi) is 9.96. The van der Waals surface area contributed by atoms with Crippen LogP contribution in [0.25, 0.3) is 0 Å². The van der Waals surface area contributed by atoms with E-state index in [4.69, 9.17) is 10.2 Å². The number of carboxylic acids is 2. The SMILES string of the molecule is CCCCC(CCCC)(C(=O)O)C(=O)O.[H-].[H-].[Mg+2]. The first-order valence-electron chi connectivity index (χ1n) is 5.48. The van der Waals surface area contributed by atoms with Gasteiger partial charge in [-0.15, -0.1) is 0 Å². The standard InChI is InChI=1S/C11H20O4.Mg.2H/c1-3-5-7-11(9(12)13,10(14)15)8-6-4-2;;;/h3-8H2,1-2H3,(H,12,13)(H,14,15);;;/q;+2;2*-1. The van der Waals surface area contributed by atoms with Crippen LogP contribution in [0.2, 0.25) is 0 Å². The molecular weight excluding hydrogens is 220 g/mol. The largest absolute Gasteiger partial charge is 2.00 e. The van der Waals surface area contributed by atoms with E-state index in [1.165, 1.54) is 0 Å². The molecule has 0 aliphatic carbocycles. The van der Waals surface area contributed by atoms with Crippen molar-refractivity contribution < 1.29 is 22.7 Å². The number of carboxylic acid groups (broad SMARTS) is 2. The van der Waals surface area contributed by atoms with Crippen LogP contribution in [0.15, 0.2) is 0 Å². The molecule has 0 saturated heterocycles. The first-order valence-corrected chi connectivity index (χ1v) is 5.48. The molecule has 92 valence electrons. The van der Waals surface area contributed by atoms with Crippen molar-refractivity contribution in [1.29, 1.82) is 0 Å². The van der Waals surface area contributed by atoms with Crippen LogP contribution in [-0.4, -0.2) is 45.2 Å². The second kappa shape index (κ2) is 8.81. The first-order chi connectivity index (χ1) is 7.01. The number of carbonyl (C=O) groups is 2. The summed E-state index contributed by atoms with van der Waals surface area (Å²) in [5, 5.41) is 18.1. The third-order valence-corrected chi connectivity index (χ3v) is 2.73. The van der Waals surface area contributed by atoms with Crippen molar-refractivity contribution in [3.05, 3.63) is 0 Å². The molecular formula is C11H22MgO4. The van der Waals surface area contributed by atoms with Crippen molar-refractivity contribution in [2.24, 2.45) is 5.41 Å². The molecule has 0 aromatic rings. The van der Waals surface area contributed by atoms with E-state index in [0.717, 1.165) is 12.8 Å². The van der Waals surface area contributed by atoms with Gasteiger partial charge in [0.1, 0.15) is 0 Å². The molecule has 0 bridgehead atoms. The molecule has 0 atom stereocenters. The predicted molar refractivity (Wildman–Crippen MR) is 64.7 cm³/mol. The van der Waals surface area contributed by atoms with Gasteiger partial charge in [0.05, 0.1) is 0 Å². The van der Waals surface area contributed by atoms with Gasteiger partial charge in [-0.1, -0.05) is 39.5 Å². The van der Waals surface area contributed by atoms with Gasteiger partial charge < -0.3 is 13.1 Å². The van der Waals surface area contributed by atoms with E-state index in [0.29, 0.717) is 12.8 Å². The molecule has 0 spiro atoms. The van der Waals surface area contributed by atoms with Crippen LogP contribution in [0.1, 0.15) is 55.2 Å². The fourth-order valence-corrected chi connectivity index (χ4v) is 1.60. The Labute approximate surface area is 116 Å². The molecule has 0 heterocycles. The van der Waals surface area contributed by atoms with Crippen molar-refractivity contribution in [1.82, 2.24) is 0 Å². The summed E-state index contributed by atoms with van der Waals surface area (Å²) in [7, 11) is 0. The molecule has 0 saturated carbocycles. The van der Waals surface area contributed by atoms with Crippen LogP contribution in [0.5, 0.6) is 0 Å². The Morgan fingerprint density at radius 1 is 1.00 bits per heavy atom. The van der Waals surface area contributed by atoms with Crippen molar-refractivity contribution in [2.75, 3.05) is 0 Å². The Morgan fingerprint density at radius 2 is 1.31 bits per heavy atom. The quantitative estimate of drug-likeness (QED) is 0.506. The Morgan fingerprint density at radius 3 is 1.50 bits per heavy atom. The van der Waals surface area contributed by atoms with Crippen molar-refractivity contribution in [2.45, 2.75) is 52.4 Å². The Hall–Kier alpha value is -0.294. The summed E-state index contributed by atoms with van der Waals surface area (Å²) in [6.07, 6.45) is 3.37. The molecule has 2 N–H and O–H groups in total. The van der Waals surface area contributed by atoms with E-state index >= 15 is 0 Å². The second-order valence-corrected chi connectivity index (χ2v) is 3.90. The summed E-state index contributed by atoms with van der Waals surface area (Å²) in [6, 6.07) is 0.